The van der Waals surface area contributed by atoms with E-state index in [2.05, 4.69) is 10.2 Å². The lowest BCUT2D eigenvalue weighted by atomic mass is 10.1. The van der Waals surface area contributed by atoms with Gasteiger partial charge in [-0.2, -0.15) is 0 Å². The smallest absolute Gasteiger partial charge is 0.261 e. The molecule has 0 unspecified atom stereocenters. The van der Waals surface area contributed by atoms with E-state index in [1.807, 2.05) is 31.2 Å². The third-order valence-electron chi connectivity index (χ3n) is 5.60. The van der Waals surface area contributed by atoms with Crippen LogP contribution < -0.4 is 10.9 Å². The largest absolute Gasteiger partial charge is 0.350 e. The molecule has 6 heteroatoms. The molecule has 0 radical (unpaired) electrons. The Kier molecular flexibility index (Phi) is 5.78. The van der Waals surface area contributed by atoms with E-state index in [4.69, 9.17) is 0 Å². The number of aryl methyl sites for hydroxylation is 1. The number of nitrogens with one attached hydrogen (secondary N) is 1. The van der Waals surface area contributed by atoms with E-state index in [1.54, 1.807) is 10.6 Å². The van der Waals surface area contributed by atoms with Gasteiger partial charge in [-0.3, -0.25) is 9.59 Å². The molecule has 3 heterocycles. The number of hydrogen-bond donors (Lipinski definition) is 1. The zero-order valence-corrected chi connectivity index (χ0v) is 17.2. The second-order valence-electron chi connectivity index (χ2n) is 7.43. The highest BCUT2D eigenvalue weighted by atomic mass is 32.1. The van der Waals surface area contributed by atoms with Crippen molar-refractivity contribution in [3.05, 3.63) is 45.6 Å². The van der Waals surface area contributed by atoms with Gasteiger partial charge in [0.2, 0.25) is 0 Å². The minimum atomic E-state index is -0.0810. The van der Waals surface area contributed by atoms with Crippen molar-refractivity contribution in [1.82, 2.24) is 14.8 Å². The molecule has 0 saturated carbocycles. The van der Waals surface area contributed by atoms with E-state index in [1.165, 1.54) is 37.0 Å². The molecule has 1 aliphatic rings. The fourth-order valence-electron chi connectivity index (χ4n) is 4.11. The van der Waals surface area contributed by atoms with Crippen LogP contribution in [0.25, 0.3) is 21.0 Å². The standard InChI is InChI=1S/C22H27N3O2S/c1-2-25-18-10-6-5-9-16(18)20-17(22(25)27)15-19(28-20)21(26)23-11-14-24-12-7-3-4-8-13-24/h5-6,9-10,15H,2-4,7-8,11-14H2,1H3,(H,23,26). The van der Waals surface area contributed by atoms with Crippen LogP contribution in [0.5, 0.6) is 0 Å². The van der Waals surface area contributed by atoms with E-state index in [0.29, 0.717) is 23.4 Å². The van der Waals surface area contributed by atoms with E-state index >= 15 is 0 Å². The first-order chi connectivity index (χ1) is 13.7. The highest BCUT2D eigenvalue weighted by Gasteiger charge is 2.17. The number of rotatable bonds is 5. The van der Waals surface area contributed by atoms with Gasteiger partial charge in [0.25, 0.3) is 11.5 Å². The third kappa shape index (κ3) is 3.71. The third-order valence-corrected chi connectivity index (χ3v) is 6.77. The minimum absolute atomic E-state index is 0.0175. The van der Waals surface area contributed by atoms with Crippen LogP contribution in [0.15, 0.2) is 35.1 Å². The number of hydrogen-bond acceptors (Lipinski definition) is 4. The number of fused-ring (bicyclic) bond motifs is 3. The maximum Gasteiger partial charge on any atom is 0.261 e. The van der Waals surface area contributed by atoms with E-state index < -0.39 is 0 Å². The number of carbonyl (C=O) groups excluding carboxylic acids is 1. The van der Waals surface area contributed by atoms with Crippen molar-refractivity contribution in [3.8, 4) is 0 Å². The van der Waals surface area contributed by atoms with Crippen LogP contribution in [-0.2, 0) is 6.54 Å². The SMILES string of the molecule is CCn1c(=O)c2cc(C(=O)NCCN3CCCCCC3)sc2c2ccccc21. The first-order valence-electron chi connectivity index (χ1n) is 10.2. The molecule has 4 rings (SSSR count). The molecule has 0 aliphatic carbocycles. The number of carbonyl (C=O) groups is 1. The van der Waals surface area contributed by atoms with Gasteiger partial charge in [-0.05, 0) is 45.0 Å². The van der Waals surface area contributed by atoms with Crippen LogP contribution in [0.3, 0.4) is 0 Å². The summed E-state index contributed by atoms with van der Waals surface area (Å²) in [6, 6.07) is 9.69. The van der Waals surface area contributed by atoms with Gasteiger partial charge in [-0.25, -0.2) is 0 Å². The topological polar surface area (TPSA) is 54.3 Å². The molecule has 0 spiro atoms. The summed E-state index contributed by atoms with van der Waals surface area (Å²) in [4.78, 5) is 28.6. The lowest BCUT2D eigenvalue weighted by Gasteiger charge is -2.19. The van der Waals surface area contributed by atoms with Gasteiger partial charge in [0, 0.05) is 29.7 Å². The van der Waals surface area contributed by atoms with Gasteiger partial charge in [-0.15, -0.1) is 11.3 Å². The molecule has 5 nitrogen and oxygen atoms in total. The quantitative estimate of drug-likeness (QED) is 0.712. The molecule has 2 aromatic heterocycles. The van der Waals surface area contributed by atoms with Crippen molar-refractivity contribution in [1.29, 1.82) is 0 Å². The first kappa shape index (κ1) is 19.2. The molecule has 28 heavy (non-hydrogen) atoms. The number of likely N-dealkylation sites (tertiary alicyclic amines) is 1. The molecule has 1 aromatic carbocycles. The molecule has 1 amide bonds. The average molecular weight is 398 g/mol. The van der Waals surface area contributed by atoms with Crippen molar-refractivity contribution < 1.29 is 4.79 Å². The van der Waals surface area contributed by atoms with E-state index in [0.717, 1.165) is 35.2 Å². The average Bonchev–Trinajstić information content (AvgIpc) is 3.01. The summed E-state index contributed by atoms with van der Waals surface area (Å²) in [5.74, 6) is -0.0810. The highest BCUT2D eigenvalue weighted by Crippen LogP contribution is 2.30. The maximum atomic E-state index is 12.9. The summed E-state index contributed by atoms with van der Waals surface area (Å²) in [5.41, 5.74) is 0.911. The van der Waals surface area contributed by atoms with Crippen LogP contribution in [0.1, 0.15) is 42.3 Å². The molecule has 1 N–H and O–H groups in total. The predicted octanol–water partition coefficient (Wildman–Crippen LogP) is 3.84. The Bertz CT molecular complexity index is 1050. The molecule has 1 fully saturated rings. The fourth-order valence-corrected chi connectivity index (χ4v) is 5.21. The van der Waals surface area contributed by atoms with Crippen molar-refractivity contribution in [2.24, 2.45) is 0 Å². The summed E-state index contributed by atoms with van der Waals surface area (Å²) >= 11 is 1.42. The molecule has 0 bridgehead atoms. The Morgan fingerprint density at radius 2 is 1.86 bits per heavy atom. The number of aromatic nitrogens is 1. The van der Waals surface area contributed by atoms with Gasteiger partial charge in [0.1, 0.15) is 0 Å². The Hall–Kier alpha value is -2.18. The summed E-state index contributed by atoms with van der Waals surface area (Å²) in [5, 5.41) is 4.72. The molecule has 0 atom stereocenters. The Balaban J connectivity index is 1.55. The summed E-state index contributed by atoms with van der Waals surface area (Å²) in [6.45, 7) is 6.38. The van der Waals surface area contributed by atoms with Crippen LogP contribution >= 0.6 is 11.3 Å². The van der Waals surface area contributed by atoms with Gasteiger partial charge >= 0.3 is 0 Å². The second-order valence-corrected chi connectivity index (χ2v) is 8.48. The molecule has 1 saturated heterocycles. The van der Waals surface area contributed by atoms with Crippen molar-refractivity contribution >= 4 is 38.2 Å². The number of benzene rings is 1. The number of para-hydroxylation sites is 1. The molecule has 3 aromatic rings. The molecular formula is C22H27N3O2S. The second kappa shape index (κ2) is 8.45. The van der Waals surface area contributed by atoms with Crippen LogP contribution in [0.2, 0.25) is 0 Å². The number of amides is 1. The zero-order valence-electron chi connectivity index (χ0n) is 16.4. The molecule has 148 valence electrons. The number of thiophene rings is 1. The monoisotopic (exact) mass is 397 g/mol. The minimum Gasteiger partial charge on any atom is -0.350 e. The highest BCUT2D eigenvalue weighted by molar-refractivity contribution is 7.21. The Morgan fingerprint density at radius 3 is 2.61 bits per heavy atom. The lowest BCUT2D eigenvalue weighted by molar-refractivity contribution is 0.0952. The van der Waals surface area contributed by atoms with E-state index in [9.17, 15) is 9.59 Å². The Labute approximate surface area is 169 Å². The zero-order chi connectivity index (χ0) is 19.5. The molecule has 1 aliphatic heterocycles. The van der Waals surface area contributed by atoms with E-state index in [-0.39, 0.29) is 11.5 Å². The van der Waals surface area contributed by atoms with Gasteiger partial charge < -0.3 is 14.8 Å². The van der Waals surface area contributed by atoms with Crippen LogP contribution in [-0.4, -0.2) is 41.6 Å². The van der Waals surface area contributed by atoms with Crippen LogP contribution in [0, 0.1) is 0 Å². The van der Waals surface area contributed by atoms with Gasteiger partial charge in [0.15, 0.2) is 0 Å². The van der Waals surface area contributed by atoms with Crippen LogP contribution in [0.4, 0.5) is 0 Å². The molecular weight excluding hydrogens is 370 g/mol. The first-order valence-corrected chi connectivity index (χ1v) is 11.1. The lowest BCUT2D eigenvalue weighted by Crippen LogP contribution is -2.35. The predicted molar refractivity (Wildman–Crippen MR) is 117 cm³/mol. The number of pyridine rings is 1. The normalized spacial score (nSPS) is 15.8. The van der Waals surface area contributed by atoms with Crippen molar-refractivity contribution in [3.63, 3.8) is 0 Å². The van der Waals surface area contributed by atoms with Crippen molar-refractivity contribution in [2.45, 2.75) is 39.2 Å². The van der Waals surface area contributed by atoms with Gasteiger partial charge in [-0.1, -0.05) is 31.0 Å². The fraction of sp³-hybridized carbons (Fsp3) is 0.455. The van der Waals surface area contributed by atoms with Gasteiger partial charge in [0.05, 0.1) is 15.8 Å². The maximum absolute atomic E-state index is 12.9. The Morgan fingerprint density at radius 1 is 1.11 bits per heavy atom. The summed E-state index contributed by atoms with van der Waals surface area (Å²) in [6.07, 6.45) is 5.13. The number of nitrogens with zero attached hydrogens (tertiary/aromatic N) is 2. The van der Waals surface area contributed by atoms with Crippen molar-refractivity contribution in [2.75, 3.05) is 26.2 Å². The summed E-state index contributed by atoms with van der Waals surface area (Å²) < 4.78 is 2.69. The summed E-state index contributed by atoms with van der Waals surface area (Å²) in [7, 11) is 0.